The summed E-state index contributed by atoms with van der Waals surface area (Å²) in [6.45, 7) is 0. The van der Waals surface area contributed by atoms with E-state index >= 15 is 0 Å². The molecule has 2 aromatic heterocycles. The van der Waals surface area contributed by atoms with E-state index in [2.05, 4.69) is 33.6 Å². The van der Waals surface area contributed by atoms with Crippen LogP contribution in [0.25, 0.3) is 34.2 Å². The fourth-order valence-electron chi connectivity index (χ4n) is 2.80. The Morgan fingerprint density at radius 2 is 1.77 bits per heavy atom. The smallest absolute Gasteiger partial charge is 0.335 e. The molecule has 5 nitrogen and oxygen atoms in total. The Kier molecular flexibility index (Phi) is 5.79. The van der Waals surface area contributed by atoms with Crippen LogP contribution in [0.2, 0.25) is 0 Å². The van der Waals surface area contributed by atoms with Gasteiger partial charge in [0.25, 0.3) is 0 Å². The molecule has 0 aliphatic heterocycles. The molecule has 0 saturated carbocycles. The van der Waals surface area contributed by atoms with Crippen molar-refractivity contribution in [3.8, 4) is 28.7 Å². The summed E-state index contributed by atoms with van der Waals surface area (Å²) < 4.78 is 6.98. The van der Waals surface area contributed by atoms with Gasteiger partial charge in [0.15, 0.2) is 0 Å². The number of rotatable bonds is 5. The van der Waals surface area contributed by atoms with E-state index in [-0.39, 0.29) is 5.56 Å². The maximum atomic E-state index is 11.0. The maximum Gasteiger partial charge on any atom is 0.335 e. The molecule has 4 rings (SSSR count). The summed E-state index contributed by atoms with van der Waals surface area (Å²) >= 11 is 3.66. The second kappa shape index (κ2) is 8.65. The Morgan fingerprint density at radius 3 is 2.43 bits per heavy atom. The van der Waals surface area contributed by atoms with Crippen molar-refractivity contribution in [2.75, 3.05) is 0 Å². The first kappa shape index (κ1) is 20.1. The Balaban J connectivity index is 1.59. The number of aromatic carboxylic acids is 1. The number of nitrogens with zero attached hydrogens (tertiary/aromatic N) is 2. The van der Waals surface area contributed by atoms with Gasteiger partial charge < -0.3 is 9.52 Å². The van der Waals surface area contributed by atoms with Crippen molar-refractivity contribution >= 4 is 51.5 Å². The molecule has 0 aliphatic rings. The van der Waals surface area contributed by atoms with Gasteiger partial charge in [-0.3, -0.25) is 0 Å². The molecule has 0 atom stereocenters. The number of thiazole rings is 1. The lowest BCUT2D eigenvalue weighted by Gasteiger charge is -1.98. The van der Waals surface area contributed by atoms with E-state index in [0.29, 0.717) is 22.1 Å². The minimum atomic E-state index is -0.976. The molecule has 2 heterocycles. The number of hydrogen-bond acceptors (Lipinski definition) is 5. The number of allylic oxidation sites excluding steroid dienone is 1. The van der Waals surface area contributed by atoms with Crippen molar-refractivity contribution in [3.05, 3.63) is 85.9 Å². The highest BCUT2D eigenvalue weighted by Crippen LogP contribution is 2.29. The molecule has 7 heteroatoms. The van der Waals surface area contributed by atoms with E-state index in [0.717, 1.165) is 20.4 Å². The zero-order chi connectivity index (χ0) is 21.1. The predicted molar refractivity (Wildman–Crippen MR) is 125 cm³/mol. The van der Waals surface area contributed by atoms with Crippen LogP contribution < -0.4 is 0 Å². The third-order valence-electron chi connectivity index (χ3n) is 4.32. The minimum Gasteiger partial charge on any atom is -0.478 e. The molecule has 4 aromatic rings. The summed E-state index contributed by atoms with van der Waals surface area (Å²) in [7, 11) is 0. The van der Waals surface area contributed by atoms with Crippen LogP contribution >= 0.6 is 33.9 Å². The molecule has 0 radical (unpaired) electrons. The van der Waals surface area contributed by atoms with Gasteiger partial charge in [-0.15, -0.1) is 11.3 Å². The second-order valence-corrected chi connectivity index (χ2v) is 8.40. The van der Waals surface area contributed by atoms with Crippen LogP contribution in [0.4, 0.5) is 0 Å². The van der Waals surface area contributed by atoms with Gasteiger partial charge in [-0.05, 0) is 59.0 Å². The van der Waals surface area contributed by atoms with Crippen LogP contribution in [0.15, 0.2) is 70.5 Å². The standard InChI is InChI=1S/C23H13IN2O3S/c24-18-7-5-14(6-8-18)20-13-30-22(26-20)17(12-25)11-19-9-10-21(29-19)15-1-3-16(4-2-15)23(27)28/h1-11,13H,(H,27,28). The van der Waals surface area contributed by atoms with Crippen molar-refractivity contribution in [2.24, 2.45) is 0 Å². The average molecular weight is 524 g/mol. The third-order valence-corrected chi connectivity index (χ3v) is 5.92. The SMILES string of the molecule is N#CC(=Cc1ccc(-c2ccc(C(=O)O)cc2)o1)c1nc(-c2ccc(I)cc2)cs1. The Bertz CT molecular complexity index is 1280. The highest BCUT2D eigenvalue weighted by atomic mass is 127. The van der Waals surface area contributed by atoms with Gasteiger partial charge in [0.2, 0.25) is 0 Å². The molecular formula is C23H13IN2O3S. The number of hydrogen-bond donors (Lipinski definition) is 1. The van der Waals surface area contributed by atoms with E-state index in [1.54, 1.807) is 30.3 Å². The lowest BCUT2D eigenvalue weighted by atomic mass is 10.1. The Morgan fingerprint density at radius 1 is 1.07 bits per heavy atom. The number of carbonyl (C=O) groups is 1. The molecule has 0 aliphatic carbocycles. The monoisotopic (exact) mass is 524 g/mol. The van der Waals surface area contributed by atoms with Gasteiger partial charge in [-0.25, -0.2) is 9.78 Å². The Hall–Kier alpha value is -3.22. The number of carboxylic acid groups (broad SMARTS) is 1. The topological polar surface area (TPSA) is 87.1 Å². The van der Waals surface area contributed by atoms with Crippen molar-refractivity contribution in [3.63, 3.8) is 0 Å². The third kappa shape index (κ3) is 4.35. The van der Waals surface area contributed by atoms with E-state index in [4.69, 9.17) is 9.52 Å². The lowest BCUT2D eigenvalue weighted by molar-refractivity contribution is 0.0697. The molecule has 0 unspecified atom stereocenters. The molecule has 0 fully saturated rings. The second-order valence-electron chi connectivity index (χ2n) is 6.30. The summed E-state index contributed by atoms with van der Waals surface area (Å²) in [5.41, 5.74) is 3.21. The van der Waals surface area contributed by atoms with E-state index in [1.165, 1.54) is 23.5 Å². The number of carboxylic acids is 1. The van der Waals surface area contributed by atoms with Crippen molar-refractivity contribution in [1.29, 1.82) is 5.26 Å². The van der Waals surface area contributed by atoms with Crippen molar-refractivity contribution < 1.29 is 14.3 Å². The van der Waals surface area contributed by atoms with Gasteiger partial charge in [0, 0.05) is 26.2 Å². The van der Waals surface area contributed by atoms with Crippen LogP contribution in [-0.2, 0) is 0 Å². The van der Waals surface area contributed by atoms with Crippen LogP contribution in [0.3, 0.4) is 0 Å². The fraction of sp³-hybridized carbons (Fsp3) is 0. The van der Waals surface area contributed by atoms with Crippen molar-refractivity contribution in [1.82, 2.24) is 4.98 Å². The molecule has 0 bridgehead atoms. The number of furan rings is 1. The lowest BCUT2D eigenvalue weighted by Crippen LogP contribution is -1.94. The highest BCUT2D eigenvalue weighted by Gasteiger charge is 2.11. The minimum absolute atomic E-state index is 0.213. The number of aromatic nitrogens is 1. The number of nitriles is 1. The highest BCUT2D eigenvalue weighted by molar-refractivity contribution is 14.1. The first-order chi connectivity index (χ1) is 14.5. The Labute approximate surface area is 190 Å². The predicted octanol–water partition coefficient (Wildman–Crippen LogP) is 6.44. The first-order valence-corrected chi connectivity index (χ1v) is 10.8. The quantitative estimate of drug-likeness (QED) is 0.240. The van der Waals surface area contributed by atoms with Gasteiger partial charge in [0.05, 0.1) is 16.8 Å². The van der Waals surface area contributed by atoms with Gasteiger partial charge in [0.1, 0.15) is 22.6 Å². The summed E-state index contributed by atoms with van der Waals surface area (Å²) in [5.74, 6) is 0.139. The summed E-state index contributed by atoms with van der Waals surface area (Å²) in [6, 6.07) is 20.2. The molecule has 146 valence electrons. The molecule has 2 aromatic carbocycles. The van der Waals surface area contributed by atoms with Crippen LogP contribution in [0.5, 0.6) is 0 Å². The van der Waals surface area contributed by atoms with Crippen LogP contribution in [-0.4, -0.2) is 16.1 Å². The summed E-state index contributed by atoms with van der Waals surface area (Å²) in [6.07, 6.45) is 1.66. The normalized spacial score (nSPS) is 11.3. The first-order valence-electron chi connectivity index (χ1n) is 8.81. The van der Waals surface area contributed by atoms with Gasteiger partial charge >= 0.3 is 5.97 Å². The van der Waals surface area contributed by atoms with Crippen LogP contribution in [0.1, 0.15) is 21.1 Å². The molecule has 0 saturated heterocycles. The molecule has 30 heavy (non-hydrogen) atoms. The van der Waals surface area contributed by atoms with Crippen molar-refractivity contribution in [2.45, 2.75) is 0 Å². The molecule has 1 N–H and O–H groups in total. The average Bonchev–Trinajstić information content (AvgIpc) is 3.42. The molecule has 0 amide bonds. The zero-order valence-corrected chi connectivity index (χ0v) is 18.3. The molecular weight excluding hydrogens is 511 g/mol. The largest absolute Gasteiger partial charge is 0.478 e. The molecule has 0 spiro atoms. The zero-order valence-electron chi connectivity index (χ0n) is 15.4. The van der Waals surface area contributed by atoms with Gasteiger partial charge in [-0.1, -0.05) is 24.3 Å². The summed E-state index contributed by atoms with van der Waals surface area (Å²) in [5, 5.41) is 21.2. The van der Waals surface area contributed by atoms with E-state index in [1.807, 2.05) is 29.6 Å². The maximum absolute atomic E-state index is 11.0. The fourth-order valence-corrected chi connectivity index (χ4v) is 3.95. The van der Waals surface area contributed by atoms with Gasteiger partial charge in [-0.2, -0.15) is 5.26 Å². The van der Waals surface area contributed by atoms with E-state index < -0.39 is 5.97 Å². The number of benzene rings is 2. The van der Waals surface area contributed by atoms with Crippen LogP contribution in [0, 0.1) is 14.9 Å². The van der Waals surface area contributed by atoms with E-state index in [9.17, 15) is 10.1 Å². The summed E-state index contributed by atoms with van der Waals surface area (Å²) in [4.78, 5) is 15.6. The number of halogens is 1.